The molecule has 10 aromatic rings. The molecule has 2 aliphatic rings. The minimum absolute atomic E-state index is 1.14. The number of hydrogen-bond acceptors (Lipinski definition) is 4. The third-order valence-electron chi connectivity index (χ3n) is 12.5. The predicted molar refractivity (Wildman–Crippen MR) is 268 cm³/mol. The number of benzene rings is 10. The van der Waals surface area contributed by atoms with E-state index in [9.17, 15) is 0 Å². The molecular formula is C58H40N2S2. The van der Waals surface area contributed by atoms with Crippen LogP contribution in [0.5, 0.6) is 0 Å². The first-order valence-corrected chi connectivity index (χ1v) is 22.8. The number of hydrogen-bond donors (Lipinski definition) is 0. The maximum Gasteiger partial charge on any atom is 0.0601 e. The Bertz CT molecular complexity index is 3480. The van der Waals surface area contributed by atoms with E-state index in [0.29, 0.717) is 0 Å². The van der Waals surface area contributed by atoms with Gasteiger partial charge in [-0.15, -0.1) is 0 Å². The number of fused-ring (bicyclic) bond motifs is 7. The van der Waals surface area contributed by atoms with E-state index in [4.69, 9.17) is 0 Å². The van der Waals surface area contributed by atoms with Gasteiger partial charge in [-0.25, -0.2) is 0 Å². The van der Waals surface area contributed by atoms with Gasteiger partial charge in [-0.1, -0.05) is 163 Å². The zero-order chi connectivity index (χ0) is 41.3. The molecule has 2 nitrogen and oxygen atoms in total. The number of nitrogens with zero attached hydrogens (tertiary/aromatic N) is 2. The first-order valence-electron chi connectivity index (χ1n) is 21.2. The number of thioether (sulfide) groups is 1. The predicted octanol–water partition coefficient (Wildman–Crippen LogP) is 17.6. The van der Waals surface area contributed by atoms with Crippen molar-refractivity contribution in [3.8, 4) is 22.3 Å². The molecule has 0 atom stereocenters. The molecule has 2 heterocycles. The van der Waals surface area contributed by atoms with Gasteiger partial charge in [0.2, 0.25) is 0 Å². The lowest BCUT2D eigenvalue weighted by atomic mass is 9.84. The number of anilines is 5. The molecule has 0 N–H and O–H groups in total. The van der Waals surface area contributed by atoms with Gasteiger partial charge in [-0.3, -0.25) is 0 Å². The Morgan fingerprint density at radius 1 is 0.403 bits per heavy atom. The second kappa shape index (κ2) is 14.9. The van der Waals surface area contributed by atoms with Gasteiger partial charge in [0, 0.05) is 36.7 Å². The van der Waals surface area contributed by atoms with Crippen molar-refractivity contribution in [3.05, 3.63) is 217 Å². The van der Waals surface area contributed by atoms with Crippen molar-refractivity contribution >= 4 is 95.1 Å². The van der Waals surface area contributed by atoms with Crippen LogP contribution in [0.3, 0.4) is 0 Å². The Hall–Kier alpha value is -6.98. The van der Waals surface area contributed by atoms with Gasteiger partial charge in [0.15, 0.2) is 0 Å². The lowest BCUT2D eigenvalue weighted by molar-refractivity contribution is 1.11. The number of rotatable bonds is 5. The van der Waals surface area contributed by atoms with Crippen molar-refractivity contribution in [1.82, 2.24) is 0 Å². The van der Waals surface area contributed by atoms with Crippen LogP contribution in [0.2, 0.25) is 0 Å². The third kappa shape index (κ3) is 5.89. The van der Waals surface area contributed by atoms with E-state index >= 15 is 0 Å². The minimum Gasteiger partial charge on any atom is -0.312 e. The molecule has 2 aliphatic heterocycles. The van der Waals surface area contributed by atoms with Crippen molar-refractivity contribution < 1.29 is 0 Å². The van der Waals surface area contributed by atoms with E-state index in [1.807, 2.05) is 23.5 Å². The van der Waals surface area contributed by atoms with E-state index < -0.39 is 0 Å². The van der Waals surface area contributed by atoms with Crippen LogP contribution < -0.4 is 9.80 Å². The Labute approximate surface area is 370 Å². The smallest absolute Gasteiger partial charge is 0.0601 e. The first-order chi connectivity index (χ1) is 30.6. The van der Waals surface area contributed by atoms with Crippen LogP contribution >= 0.6 is 23.5 Å². The van der Waals surface area contributed by atoms with Gasteiger partial charge in [0.1, 0.15) is 0 Å². The summed E-state index contributed by atoms with van der Waals surface area (Å²) in [6.07, 6.45) is 4.39. The zero-order valence-electron chi connectivity index (χ0n) is 34.3. The maximum absolute atomic E-state index is 2.46. The van der Waals surface area contributed by atoms with Crippen LogP contribution in [0.1, 0.15) is 13.8 Å². The maximum atomic E-state index is 2.46. The summed E-state index contributed by atoms with van der Waals surface area (Å²) in [5.74, 6) is 0. The van der Waals surface area contributed by atoms with Gasteiger partial charge in [-0.05, 0) is 146 Å². The van der Waals surface area contributed by atoms with Gasteiger partial charge in [0.25, 0.3) is 0 Å². The molecule has 0 saturated heterocycles. The third-order valence-corrected chi connectivity index (χ3v) is 14.8. The summed E-state index contributed by atoms with van der Waals surface area (Å²) in [5, 5.41) is 9.83. The van der Waals surface area contributed by atoms with Crippen molar-refractivity contribution in [1.29, 1.82) is 0 Å². The van der Waals surface area contributed by atoms with Crippen LogP contribution in [-0.2, 0) is 0 Å². The highest BCUT2D eigenvalue weighted by Crippen LogP contribution is 2.54. The fourth-order valence-electron chi connectivity index (χ4n) is 9.70. The summed E-state index contributed by atoms with van der Waals surface area (Å²) in [6, 6.07) is 72.1. The zero-order valence-corrected chi connectivity index (χ0v) is 36.0. The normalized spacial score (nSPS) is 13.6. The van der Waals surface area contributed by atoms with Gasteiger partial charge in [-0.2, -0.15) is 0 Å². The van der Waals surface area contributed by atoms with E-state index in [-0.39, 0.29) is 0 Å². The van der Waals surface area contributed by atoms with Crippen molar-refractivity contribution in [3.63, 3.8) is 0 Å². The summed E-state index contributed by atoms with van der Waals surface area (Å²) >= 11 is 3.69. The minimum atomic E-state index is 1.14. The molecule has 0 spiro atoms. The fraction of sp³-hybridized carbons (Fsp3) is 0.0345. The lowest BCUT2D eigenvalue weighted by Crippen LogP contribution is -2.19. The standard InChI is InChI=1S/C58H40N2S2/c1-3-15-53-37(2)59(50-22-8-11-25-54(50)61-53)42-30-33-47-48(35-42)57(41-29-28-38-16-4-5-18-40(38)34-41)46-32-31-43(36-49(46)58(47)45-21-14-19-39-17-6-7-20-44(39)45)60-51-23-9-12-26-55(51)62-56-27-13-10-24-52(56)60/h3-36H,1-2H3/b15-3-. The first kappa shape index (κ1) is 36.8. The van der Waals surface area contributed by atoms with Crippen LogP contribution in [-0.4, -0.2) is 0 Å². The monoisotopic (exact) mass is 828 g/mol. The summed E-state index contributed by atoms with van der Waals surface area (Å²) in [6.45, 7) is 4.36. The summed E-state index contributed by atoms with van der Waals surface area (Å²) in [7, 11) is 0. The largest absolute Gasteiger partial charge is 0.312 e. The highest BCUT2D eigenvalue weighted by atomic mass is 32.2. The van der Waals surface area contributed by atoms with E-state index in [1.54, 1.807) is 0 Å². The average Bonchev–Trinajstić information content (AvgIpc) is 3.32. The van der Waals surface area contributed by atoms with Gasteiger partial charge >= 0.3 is 0 Å². The topological polar surface area (TPSA) is 6.48 Å². The number of para-hydroxylation sites is 3. The number of allylic oxidation sites excluding steroid dienone is 3. The quantitative estimate of drug-likeness (QED) is 0.159. The molecule has 0 unspecified atom stereocenters. The lowest BCUT2D eigenvalue weighted by Gasteiger charge is -2.34. The molecule has 10 aromatic carbocycles. The molecule has 0 aliphatic carbocycles. The Kier molecular flexibility index (Phi) is 8.84. The second-order valence-electron chi connectivity index (χ2n) is 16.0. The molecule has 0 amide bonds. The molecule has 0 aromatic heterocycles. The van der Waals surface area contributed by atoms with Crippen LogP contribution in [0, 0.1) is 0 Å². The van der Waals surface area contributed by atoms with Crippen LogP contribution in [0.15, 0.2) is 232 Å². The average molecular weight is 829 g/mol. The Morgan fingerprint density at radius 2 is 0.952 bits per heavy atom. The summed E-state index contributed by atoms with van der Waals surface area (Å²) in [5.41, 5.74) is 12.0. The highest BCUT2D eigenvalue weighted by Gasteiger charge is 2.28. The van der Waals surface area contributed by atoms with Crippen molar-refractivity contribution in [2.45, 2.75) is 28.5 Å². The van der Waals surface area contributed by atoms with Gasteiger partial charge < -0.3 is 9.80 Å². The second-order valence-corrected chi connectivity index (χ2v) is 18.2. The highest BCUT2D eigenvalue weighted by molar-refractivity contribution is 8.03. The molecule has 0 radical (unpaired) electrons. The molecule has 62 heavy (non-hydrogen) atoms. The van der Waals surface area contributed by atoms with E-state index in [0.717, 1.165) is 11.4 Å². The molecule has 0 bridgehead atoms. The van der Waals surface area contributed by atoms with Crippen LogP contribution in [0.4, 0.5) is 28.4 Å². The van der Waals surface area contributed by atoms with E-state index in [1.165, 1.54) is 108 Å². The van der Waals surface area contributed by atoms with Crippen molar-refractivity contribution in [2.24, 2.45) is 0 Å². The fourth-order valence-corrected chi connectivity index (χ4v) is 11.9. The Morgan fingerprint density at radius 3 is 1.66 bits per heavy atom. The van der Waals surface area contributed by atoms with Crippen LogP contribution in [0.25, 0.3) is 65.3 Å². The molecule has 294 valence electrons. The molecule has 0 saturated carbocycles. The SMILES string of the molecule is C/C=C\C1=C(C)N(c2ccc3c(-c4cccc5ccccc45)c4cc(N5c6ccccc6Sc6ccccc65)ccc4c(-c4ccc5ccccc5c4)c3c2)c2ccccc2S1. The van der Waals surface area contributed by atoms with Gasteiger partial charge in [0.05, 0.1) is 17.1 Å². The molecule has 12 rings (SSSR count). The van der Waals surface area contributed by atoms with Crippen molar-refractivity contribution in [2.75, 3.05) is 9.80 Å². The van der Waals surface area contributed by atoms with E-state index in [2.05, 4.69) is 230 Å². The molecule has 4 heteroatoms. The molecular weight excluding hydrogens is 789 g/mol. The Balaban J connectivity index is 1.22. The summed E-state index contributed by atoms with van der Waals surface area (Å²) in [4.78, 5) is 9.93. The summed E-state index contributed by atoms with van der Waals surface area (Å²) < 4.78 is 0. The molecule has 0 fully saturated rings.